The molecule has 2 rings (SSSR count). The number of ether oxygens (including phenoxy) is 2. The quantitative estimate of drug-likeness (QED) is 0.585. The third kappa shape index (κ3) is 3.07. The van der Waals surface area contributed by atoms with Crippen LogP contribution in [0.15, 0.2) is 18.2 Å². The number of hydrogen-bond acceptors (Lipinski definition) is 5. The van der Waals surface area contributed by atoms with Crippen molar-refractivity contribution in [3.05, 3.63) is 23.9 Å². The van der Waals surface area contributed by atoms with Crippen LogP contribution < -0.4 is 5.46 Å². The molecule has 0 unspecified atom stereocenters. The molecule has 0 spiro atoms. The van der Waals surface area contributed by atoms with Gasteiger partial charge in [-0.3, -0.25) is 0 Å². The van der Waals surface area contributed by atoms with Crippen molar-refractivity contribution in [1.29, 1.82) is 0 Å². The largest absolute Gasteiger partial charge is 0.464 e. The SMILES string of the molecule is [B]c1ccc2c(C(=O)OC)nn(C(=O)OC(C)(C)C)c2c1. The molecule has 1 heterocycles. The highest BCUT2D eigenvalue weighted by atomic mass is 16.6. The lowest BCUT2D eigenvalue weighted by Gasteiger charge is -2.19. The molecular formula is C14H15BN2O4. The molecule has 0 aliphatic heterocycles. The number of benzene rings is 1. The van der Waals surface area contributed by atoms with Gasteiger partial charge in [0, 0.05) is 5.39 Å². The maximum atomic E-state index is 12.2. The first kappa shape index (κ1) is 15.1. The number of hydrogen-bond donors (Lipinski definition) is 0. The highest BCUT2D eigenvalue weighted by Gasteiger charge is 2.24. The van der Waals surface area contributed by atoms with Gasteiger partial charge in [0.2, 0.25) is 0 Å². The molecule has 1 aromatic carbocycles. The first-order valence-electron chi connectivity index (χ1n) is 6.33. The van der Waals surface area contributed by atoms with Crippen molar-refractivity contribution >= 4 is 36.3 Å². The average molecular weight is 286 g/mol. The minimum Gasteiger partial charge on any atom is -0.464 e. The van der Waals surface area contributed by atoms with E-state index in [-0.39, 0.29) is 5.69 Å². The number of aromatic nitrogens is 2. The zero-order valence-electron chi connectivity index (χ0n) is 12.3. The lowest BCUT2D eigenvalue weighted by atomic mass is 9.95. The number of esters is 1. The van der Waals surface area contributed by atoms with Crippen molar-refractivity contribution in [3.8, 4) is 0 Å². The molecule has 0 saturated heterocycles. The van der Waals surface area contributed by atoms with Gasteiger partial charge in [-0.2, -0.15) is 9.78 Å². The molecule has 2 radical (unpaired) electrons. The molecule has 108 valence electrons. The van der Waals surface area contributed by atoms with Gasteiger partial charge in [-0.1, -0.05) is 17.6 Å². The van der Waals surface area contributed by atoms with Crippen LogP contribution in [0.25, 0.3) is 10.9 Å². The summed E-state index contributed by atoms with van der Waals surface area (Å²) in [4.78, 5) is 23.9. The zero-order chi connectivity index (χ0) is 15.8. The molecule has 2 aromatic rings. The van der Waals surface area contributed by atoms with Gasteiger partial charge in [-0.05, 0) is 26.8 Å². The van der Waals surface area contributed by atoms with E-state index in [4.69, 9.17) is 12.6 Å². The zero-order valence-corrected chi connectivity index (χ0v) is 12.3. The van der Waals surface area contributed by atoms with Gasteiger partial charge in [-0.15, -0.1) is 0 Å². The number of fused-ring (bicyclic) bond motifs is 1. The Kier molecular flexibility index (Phi) is 3.76. The van der Waals surface area contributed by atoms with Crippen molar-refractivity contribution in [2.24, 2.45) is 0 Å². The van der Waals surface area contributed by atoms with Crippen LogP contribution in [0.1, 0.15) is 31.3 Å². The Morgan fingerprint density at radius 2 is 1.95 bits per heavy atom. The Labute approximate surface area is 123 Å². The summed E-state index contributed by atoms with van der Waals surface area (Å²) in [6.45, 7) is 5.23. The van der Waals surface area contributed by atoms with Gasteiger partial charge in [0.05, 0.1) is 12.6 Å². The van der Waals surface area contributed by atoms with Crippen molar-refractivity contribution in [1.82, 2.24) is 9.78 Å². The van der Waals surface area contributed by atoms with Crippen LogP contribution in [0.5, 0.6) is 0 Å². The van der Waals surface area contributed by atoms with Crippen molar-refractivity contribution < 1.29 is 19.1 Å². The normalized spacial score (nSPS) is 11.4. The van der Waals surface area contributed by atoms with E-state index in [1.54, 1.807) is 39.0 Å². The number of methoxy groups -OCH3 is 1. The Morgan fingerprint density at radius 3 is 2.52 bits per heavy atom. The van der Waals surface area contributed by atoms with E-state index in [9.17, 15) is 9.59 Å². The smallest absolute Gasteiger partial charge is 0.435 e. The summed E-state index contributed by atoms with van der Waals surface area (Å²) < 4.78 is 11.0. The Bertz CT molecular complexity index is 716. The summed E-state index contributed by atoms with van der Waals surface area (Å²) in [5.41, 5.74) is 0.202. The van der Waals surface area contributed by atoms with E-state index in [1.165, 1.54) is 7.11 Å². The Morgan fingerprint density at radius 1 is 1.29 bits per heavy atom. The van der Waals surface area contributed by atoms with E-state index < -0.39 is 17.7 Å². The van der Waals surface area contributed by atoms with Crippen molar-refractivity contribution in [2.75, 3.05) is 7.11 Å². The standard InChI is InChI=1S/C14H15BN2O4/c1-14(2,3)21-13(19)17-10-7-8(15)5-6-9(10)11(16-17)12(18)20-4/h5-7H,1-4H3. The average Bonchev–Trinajstić information content (AvgIpc) is 2.74. The summed E-state index contributed by atoms with van der Waals surface area (Å²) in [5, 5.41) is 4.47. The van der Waals surface area contributed by atoms with E-state index in [0.29, 0.717) is 16.4 Å². The fourth-order valence-corrected chi connectivity index (χ4v) is 1.82. The molecule has 1 aromatic heterocycles. The van der Waals surface area contributed by atoms with E-state index >= 15 is 0 Å². The maximum absolute atomic E-state index is 12.2. The molecule has 0 N–H and O–H groups in total. The third-order valence-corrected chi connectivity index (χ3v) is 2.65. The number of carbonyl (C=O) groups is 2. The molecule has 0 saturated carbocycles. The molecule has 0 amide bonds. The van der Waals surface area contributed by atoms with E-state index in [2.05, 4.69) is 9.84 Å². The van der Waals surface area contributed by atoms with Crippen LogP contribution in [0.4, 0.5) is 4.79 Å². The van der Waals surface area contributed by atoms with Crippen molar-refractivity contribution in [2.45, 2.75) is 26.4 Å². The first-order valence-corrected chi connectivity index (χ1v) is 6.33. The molecule has 21 heavy (non-hydrogen) atoms. The molecule has 0 aliphatic carbocycles. The molecular weight excluding hydrogens is 271 g/mol. The molecule has 7 heteroatoms. The summed E-state index contributed by atoms with van der Waals surface area (Å²) in [7, 11) is 6.98. The predicted octanol–water partition coefficient (Wildman–Crippen LogP) is 1.40. The molecule has 0 bridgehead atoms. The minimum atomic E-state index is -0.687. The summed E-state index contributed by atoms with van der Waals surface area (Å²) in [6, 6.07) is 4.79. The molecule has 0 aliphatic rings. The highest BCUT2D eigenvalue weighted by molar-refractivity contribution is 6.33. The van der Waals surface area contributed by atoms with Crippen LogP contribution in [0, 0.1) is 0 Å². The second-order valence-electron chi connectivity index (χ2n) is 5.51. The second-order valence-corrected chi connectivity index (χ2v) is 5.51. The number of nitrogens with zero attached hydrogens (tertiary/aromatic N) is 2. The summed E-state index contributed by atoms with van der Waals surface area (Å²) >= 11 is 0. The van der Waals surface area contributed by atoms with Gasteiger partial charge in [0.1, 0.15) is 13.4 Å². The monoisotopic (exact) mass is 286 g/mol. The molecule has 6 nitrogen and oxygen atoms in total. The van der Waals surface area contributed by atoms with Gasteiger partial charge in [-0.25, -0.2) is 9.59 Å². The van der Waals surface area contributed by atoms with Crippen LogP contribution in [-0.4, -0.2) is 42.4 Å². The van der Waals surface area contributed by atoms with Gasteiger partial charge in [0.15, 0.2) is 5.69 Å². The number of carbonyl (C=O) groups excluding carboxylic acids is 2. The Balaban J connectivity index is 2.60. The number of rotatable bonds is 1. The van der Waals surface area contributed by atoms with Crippen LogP contribution in [0.2, 0.25) is 0 Å². The van der Waals surface area contributed by atoms with Crippen LogP contribution in [-0.2, 0) is 9.47 Å². The lowest BCUT2D eigenvalue weighted by molar-refractivity contribution is 0.0519. The van der Waals surface area contributed by atoms with Crippen LogP contribution in [0.3, 0.4) is 0 Å². The highest BCUT2D eigenvalue weighted by Crippen LogP contribution is 2.20. The minimum absolute atomic E-state index is 0.0401. The first-order chi connectivity index (χ1) is 9.73. The fraction of sp³-hybridized carbons (Fsp3) is 0.357. The third-order valence-electron chi connectivity index (χ3n) is 2.65. The molecule has 0 fully saturated rings. The van der Waals surface area contributed by atoms with E-state index in [0.717, 1.165) is 4.68 Å². The van der Waals surface area contributed by atoms with Crippen LogP contribution >= 0.6 is 0 Å². The summed E-state index contributed by atoms with van der Waals surface area (Å²) in [5.74, 6) is -0.632. The van der Waals surface area contributed by atoms with Gasteiger partial charge < -0.3 is 9.47 Å². The van der Waals surface area contributed by atoms with Gasteiger partial charge in [0.25, 0.3) is 0 Å². The second kappa shape index (κ2) is 5.23. The Hall–Kier alpha value is -2.31. The summed E-state index contributed by atoms with van der Waals surface area (Å²) in [6.07, 6.45) is -0.687. The van der Waals surface area contributed by atoms with E-state index in [1.807, 2.05) is 0 Å². The van der Waals surface area contributed by atoms with Crippen molar-refractivity contribution in [3.63, 3.8) is 0 Å². The topological polar surface area (TPSA) is 70.4 Å². The maximum Gasteiger partial charge on any atom is 0.435 e. The predicted molar refractivity (Wildman–Crippen MR) is 78.1 cm³/mol. The molecule has 0 atom stereocenters. The lowest BCUT2D eigenvalue weighted by Crippen LogP contribution is -2.28. The van der Waals surface area contributed by atoms with Gasteiger partial charge >= 0.3 is 12.1 Å². The fourth-order valence-electron chi connectivity index (χ4n) is 1.82.